The molecule has 1 N–H and O–H groups in total. The van der Waals surface area contributed by atoms with Gasteiger partial charge in [0, 0.05) is 16.1 Å². The number of carbonyl (C=O) groups excluding carboxylic acids is 1. The fourth-order valence-electron chi connectivity index (χ4n) is 4.26. The van der Waals surface area contributed by atoms with E-state index < -0.39 is 11.7 Å². The summed E-state index contributed by atoms with van der Waals surface area (Å²) in [6.45, 7) is -0.339. The number of hydrogen-bond acceptors (Lipinski definition) is 6. The lowest BCUT2D eigenvalue weighted by Gasteiger charge is -2.10. The topological polar surface area (TPSA) is 98.7 Å². The number of fused-ring (bicyclic) bond motifs is 2. The van der Waals surface area contributed by atoms with Gasteiger partial charge in [-0.15, -0.1) is 0 Å². The van der Waals surface area contributed by atoms with Crippen molar-refractivity contribution < 1.29 is 18.3 Å². The third kappa shape index (κ3) is 5.74. The fourth-order valence-corrected chi connectivity index (χ4v) is 4.68. The van der Waals surface area contributed by atoms with Crippen molar-refractivity contribution in [1.29, 1.82) is 0 Å². The van der Waals surface area contributed by atoms with Crippen molar-refractivity contribution in [2.45, 2.75) is 0 Å². The van der Waals surface area contributed by atoms with Crippen LogP contribution in [0.15, 0.2) is 105 Å². The number of amides is 1. The zero-order chi connectivity index (χ0) is 29.2. The number of ether oxygens (including phenoxy) is 1. The molecule has 0 fully saturated rings. The summed E-state index contributed by atoms with van der Waals surface area (Å²) in [5, 5.41) is 8.88. The molecule has 6 aromatic rings. The number of anilines is 1. The highest BCUT2D eigenvalue weighted by Gasteiger charge is 2.17. The summed E-state index contributed by atoms with van der Waals surface area (Å²) in [7, 11) is 0. The number of nitrogens with one attached hydrogen (secondary N) is 1. The molecule has 6 rings (SSSR count). The molecule has 0 radical (unpaired) electrons. The average Bonchev–Trinajstić information content (AvgIpc) is 3.39. The summed E-state index contributed by atoms with van der Waals surface area (Å²) in [6, 6.07) is 24.3. The van der Waals surface area contributed by atoms with Gasteiger partial charge in [0.25, 0.3) is 11.5 Å². The Kier molecular flexibility index (Phi) is 7.43. The van der Waals surface area contributed by atoms with Crippen molar-refractivity contribution in [3.63, 3.8) is 0 Å². The van der Waals surface area contributed by atoms with Crippen LogP contribution >= 0.6 is 23.2 Å². The van der Waals surface area contributed by atoms with Gasteiger partial charge in [-0.3, -0.25) is 9.59 Å². The molecule has 8 nitrogen and oxygen atoms in total. The Morgan fingerprint density at radius 1 is 1.02 bits per heavy atom. The molecule has 0 bridgehead atoms. The van der Waals surface area contributed by atoms with E-state index in [9.17, 15) is 14.0 Å². The maximum absolute atomic E-state index is 13.5. The summed E-state index contributed by atoms with van der Waals surface area (Å²) in [5.41, 5.74) is 1.55. The van der Waals surface area contributed by atoms with Crippen LogP contribution in [0, 0.1) is 5.82 Å². The van der Waals surface area contributed by atoms with E-state index in [2.05, 4.69) is 15.4 Å². The third-order valence-electron chi connectivity index (χ3n) is 6.20. The molecule has 0 saturated heterocycles. The van der Waals surface area contributed by atoms with Crippen LogP contribution in [0.25, 0.3) is 33.5 Å². The van der Waals surface area contributed by atoms with Gasteiger partial charge in [-0.2, -0.15) is 9.78 Å². The molecule has 0 saturated carbocycles. The normalized spacial score (nSPS) is 11.4. The second kappa shape index (κ2) is 11.5. The summed E-state index contributed by atoms with van der Waals surface area (Å²) >= 11 is 12.5. The standard InChI is InChI=1S/C31H19Cl2FN4O4/c32-20-9-11-26-19(13-20)14-28(42-26)30-37-25-7-2-1-6-23(25)31(40)38(30)35-16-18-8-10-27(24(33)12-18)41-17-29(39)36-22-5-3-4-21(34)15-22/h1-16H,17H2,(H,36,39). The second-order valence-electron chi connectivity index (χ2n) is 9.14. The number of nitrogens with zero attached hydrogens (tertiary/aromatic N) is 3. The Labute approximate surface area is 247 Å². The van der Waals surface area contributed by atoms with E-state index in [4.69, 9.17) is 32.4 Å². The minimum absolute atomic E-state index is 0.206. The number of rotatable bonds is 7. The minimum Gasteiger partial charge on any atom is -0.482 e. The molecule has 4 aromatic carbocycles. The van der Waals surface area contributed by atoms with E-state index in [0.29, 0.717) is 38.5 Å². The molecule has 42 heavy (non-hydrogen) atoms. The van der Waals surface area contributed by atoms with Crippen LogP contribution in [0.1, 0.15) is 5.56 Å². The van der Waals surface area contributed by atoms with E-state index in [-0.39, 0.29) is 28.8 Å². The Morgan fingerprint density at radius 3 is 2.71 bits per heavy atom. The van der Waals surface area contributed by atoms with Crippen molar-refractivity contribution in [2.24, 2.45) is 5.10 Å². The SMILES string of the molecule is O=C(COc1ccc(C=Nn2c(-c3cc4cc(Cl)ccc4o3)nc3ccccc3c2=O)cc1Cl)Nc1cccc(F)c1. The molecule has 0 atom stereocenters. The zero-order valence-corrected chi connectivity index (χ0v) is 23.1. The van der Waals surface area contributed by atoms with E-state index in [1.165, 1.54) is 24.4 Å². The number of halogens is 3. The molecule has 0 aliphatic carbocycles. The van der Waals surface area contributed by atoms with E-state index >= 15 is 0 Å². The lowest BCUT2D eigenvalue weighted by atomic mass is 10.2. The number of para-hydroxylation sites is 1. The highest BCUT2D eigenvalue weighted by atomic mass is 35.5. The second-order valence-corrected chi connectivity index (χ2v) is 9.99. The van der Waals surface area contributed by atoms with Gasteiger partial charge in [0.15, 0.2) is 12.4 Å². The summed E-state index contributed by atoms with van der Waals surface area (Å²) in [4.78, 5) is 30.3. The number of hydrogen-bond donors (Lipinski definition) is 1. The Morgan fingerprint density at radius 2 is 1.88 bits per heavy atom. The predicted molar refractivity (Wildman–Crippen MR) is 161 cm³/mol. The first-order valence-electron chi connectivity index (χ1n) is 12.6. The first-order chi connectivity index (χ1) is 20.3. The van der Waals surface area contributed by atoms with Gasteiger partial charge in [0.05, 0.1) is 22.1 Å². The first kappa shape index (κ1) is 27.2. The fraction of sp³-hybridized carbons (Fsp3) is 0.0323. The highest BCUT2D eigenvalue weighted by Crippen LogP contribution is 2.29. The zero-order valence-electron chi connectivity index (χ0n) is 21.6. The molecule has 2 heterocycles. The van der Waals surface area contributed by atoms with Crippen LogP contribution in [0.2, 0.25) is 10.0 Å². The molecule has 0 spiro atoms. The maximum atomic E-state index is 13.5. The van der Waals surface area contributed by atoms with Crippen molar-refractivity contribution in [1.82, 2.24) is 9.66 Å². The van der Waals surface area contributed by atoms with Crippen LogP contribution in [-0.2, 0) is 4.79 Å². The van der Waals surface area contributed by atoms with Gasteiger partial charge >= 0.3 is 0 Å². The Hall–Kier alpha value is -4.99. The Bertz CT molecular complexity index is 2070. The molecule has 2 aromatic heterocycles. The summed E-state index contributed by atoms with van der Waals surface area (Å²) in [5.74, 6) is -0.145. The smallest absolute Gasteiger partial charge is 0.282 e. The van der Waals surface area contributed by atoms with Gasteiger partial charge in [0.2, 0.25) is 5.82 Å². The number of benzene rings is 4. The monoisotopic (exact) mass is 600 g/mol. The van der Waals surface area contributed by atoms with Crippen LogP contribution in [0.5, 0.6) is 5.75 Å². The van der Waals surface area contributed by atoms with Crippen molar-refractivity contribution >= 4 is 62.9 Å². The molecule has 11 heteroatoms. The van der Waals surface area contributed by atoms with Gasteiger partial charge < -0.3 is 14.5 Å². The lowest BCUT2D eigenvalue weighted by molar-refractivity contribution is -0.118. The van der Waals surface area contributed by atoms with E-state index in [0.717, 1.165) is 10.1 Å². The number of carbonyl (C=O) groups is 1. The van der Waals surface area contributed by atoms with Gasteiger partial charge in [-0.25, -0.2) is 9.37 Å². The number of furan rings is 1. The average molecular weight is 601 g/mol. The molecule has 1 amide bonds. The van der Waals surface area contributed by atoms with Gasteiger partial charge in [0.1, 0.15) is 17.1 Å². The van der Waals surface area contributed by atoms with E-state index in [1.807, 2.05) is 0 Å². The highest BCUT2D eigenvalue weighted by molar-refractivity contribution is 6.32. The van der Waals surface area contributed by atoms with E-state index in [1.54, 1.807) is 72.8 Å². The molecule has 0 aliphatic heterocycles. The first-order valence-corrected chi connectivity index (χ1v) is 13.3. The minimum atomic E-state index is -0.481. The lowest BCUT2D eigenvalue weighted by Crippen LogP contribution is -2.20. The summed E-state index contributed by atoms with van der Waals surface area (Å²) in [6.07, 6.45) is 1.45. The quantitative estimate of drug-likeness (QED) is 0.196. The molecule has 0 unspecified atom stereocenters. The largest absolute Gasteiger partial charge is 0.482 e. The van der Waals surface area contributed by atoms with Crippen LogP contribution in [0.3, 0.4) is 0 Å². The molecular formula is C31H19Cl2FN4O4. The van der Waals surface area contributed by atoms with Crippen LogP contribution in [-0.4, -0.2) is 28.4 Å². The van der Waals surface area contributed by atoms with Gasteiger partial charge in [-0.1, -0.05) is 41.4 Å². The van der Waals surface area contributed by atoms with Crippen LogP contribution < -0.4 is 15.6 Å². The van der Waals surface area contributed by atoms with Crippen molar-refractivity contribution in [3.8, 4) is 17.3 Å². The summed E-state index contributed by atoms with van der Waals surface area (Å²) < 4.78 is 26.0. The molecule has 208 valence electrons. The number of aromatic nitrogens is 2. The van der Waals surface area contributed by atoms with Crippen molar-refractivity contribution in [2.75, 3.05) is 11.9 Å². The molecule has 0 aliphatic rings. The van der Waals surface area contributed by atoms with Crippen molar-refractivity contribution in [3.05, 3.63) is 123 Å². The van der Waals surface area contributed by atoms with Crippen LogP contribution in [0.4, 0.5) is 10.1 Å². The Balaban J connectivity index is 1.27. The third-order valence-corrected chi connectivity index (χ3v) is 6.73. The van der Waals surface area contributed by atoms with Gasteiger partial charge in [-0.05, 0) is 78.4 Å². The molecular weight excluding hydrogens is 582 g/mol. The maximum Gasteiger partial charge on any atom is 0.282 e. The predicted octanol–water partition coefficient (Wildman–Crippen LogP) is 7.16.